The summed E-state index contributed by atoms with van der Waals surface area (Å²) in [6, 6.07) is 1.93. The maximum Gasteiger partial charge on any atom is 0.344 e. The van der Waals surface area contributed by atoms with E-state index in [0.717, 1.165) is 0 Å². The van der Waals surface area contributed by atoms with Gasteiger partial charge in [-0.1, -0.05) is 0 Å². The summed E-state index contributed by atoms with van der Waals surface area (Å²) in [5.74, 6) is 1.11. The molecule has 2 unspecified atom stereocenters. The van der Waals surface area contributed by atoms with Crippen LogP contribution in [-0.2, 0) is 19.1 Å². The highest BCUT2D eigenvalue weighted by Gasteiger charge is 2.54. The van der Waals surface area contributed by atoms with Gasteiger partial charge in [0.1, 0.15) is 12.0 Å². The van der Waals surface area contributed by atoms with Crippen molar-refractivity contribution < 1.29 is 19.1 Å². The lowest BCUT2D eigenvalue weighted by Gasteiger charge is -2.23. The summed E-state index contributed by atoms with van der Waals surface area (Å²) in [4.78, 5) is 22.6. The van der Waals surface area contributed by atoms with Crippen molar-refractivity contribution in [1.29, 1.82) is 5.26 Å². The number of nitrogens with zero attached hydrogens (tertiary/aromatic N) is 1. The first-order valence-corrected chi connectivity index (χ1v) is 5.09. The molecule has 1 aliphatic rings. The van der Waals surface area contributed by atoms with E-state index in [9.17, 15) is 9.59 Å². The minimum atomic E-state index is -1.40. The Hall–Kier alpha value is -1.63. The van der Waals surface area contributed by atoms with E-state index >= 15 is 0 Å². The molecule has 5 heteroatoms. The van der Waals surface area contributed by atoms with E-state index in [1.165, 1.54) is 0 Å². The maximum atomic E-state index is 11.7. The smallest absolute Gasteiger partial charge is 0.344 e. The molecule has 5 nitrogen and oxygen atoms in total. The summed E-state index contributed by atoms with van der Waals surface area (Å²) in [5, 5.41) is 8.55. The van der Waals surface area contributed by atoms with E-state index in [2.05, 4.69) is 0 Å². The van der Waals surface area contributed by atoms with Crippen LogP contribution in [0.25, 0.3) is 0 Å². The van der Waals surface area contributed by atoms with Crippen molar-refractivity contribution in [2.45, 2.75) is 38.4 Å². The third-order valence-corrected chi connectivity index (χ3v) is 2.54. The Morgan fingerprint density at radius 2 is 2.31 bits per heavy atom. The zero-order valence-electron chi connectivity index (χ0n) is 9.28. The van der Waals surface area contributed by atoms with Crippen molar-refractivity contribution in [3.05, 3.63) is 5.57 Å². The lowest BCUT2D eigenvalue weighted by atomic mass is 9.89. The van der Waals surface area contributed by atoms with Crippen LogP contribution in [-0.4, -0.2) is 30.2 Å². The van der Waals surface area contributed by atoms with Crippen molar-refractivity contribution >= 4 is 11.9 Å². The van der Waals surface area contributed by atoms with Crippen LogP contribution in [0.3, 0.4) is 0 Å². The van der Waals surface area contributed by atoms with Crippen LogP contribution in [0.1, 0.15) is 26.7 Å². The first kappa shape index (κ1) is 12.4. The summed E-state index contributed by atoms with van der Waals surface area (Å²) < 4.78 is 10.3. The van der Waals surface area contributed by atoms with Gasteiger partial charge in [0.05, 0.1) is 11.6 Å². The largest absolute Gasteiger partial charge is 0.455 e. The molecule has 0 radical (unpaired) electrons. The Labute approximate surface area is 93.6 Å². The fourth-order valence-corrected chi connectivity index (χ4v) is 1.84. The average molecular weight is 223 g/mol. The zero-order valence-corrected chi connectivity index (χ0v) is 9.28. The molecule has 0 spiro atoms. The highest BCUT2D eigenvalue weighted by Crippen LogP contribution is 2.36. The molecule has 0 bridgehead atoms. The van der Waals surface area contributed by atoms with Gasteiger partial charge in [0.25, 0.3) is 0 Å². The van der Waals surface area contributed by atoms with Crippen LogP contribution in [0.5, 0.6) is 0 Å². The second-order valence-electron chi connectivity index (χ2n) is 3.48. The van der Waals surface area contributed by atoms with Crippen molar-refractivity contribution in [3.63, 3.8) is 0 Å². The van der Waals surface area contributed by atoms with E-state index in [1.54, 1.807) is 19.8 Å². The third kappa shape index (κ3) is 1.85. The number of nitriles is 1. The lowest BCUT2D eigenvalue weighted by Crippen LogP contribution is -2.40. The molecule has 0 aromatic heterocycles. The van der Waals surface area contributed by atoms with Crippen LogP contribution in [0.4, 0.5) is 0 Å². The Morgan fingerprint density at radius 1 is 1.62 bits per heavy atom. The van der Waals surface area contributed by atoms with E-state index in [4.69, 9.17) is 14.7 Å². The lowest BCUT2D eigenvalue weighted by molar-refractivity contribution is -0.158. The topological polar surface area (TPSA) is 76.4 Å². The summed E-state index contributed by atoms with van der Waals surface area (Å²) in [6.07, 6.45) is -0.381. The van der Waals surface area contributed by atoms with E-state index < -0.39 is 17.7 Å². The number of rotatable bonds is 4. The zero-order chi connectivity index (χ0) is 12.2. The molecule has 0 aromatic rings. The van der Waals surface area contributed by atoms with Crippen LogP contribution in [0.2, 0.25) is 0 Å². The quantitative estimate of drug-likeness (QED) is 0.519. The molecule has 1 fully saturated rings. The number of hydrogen-bond donors (Lipinski definition) is 0. The Kier molecular flexibility index (Phi) is 3.83. The number of hydrogen-bond acceptors (Lipinski definition) is 5. The number of carbonyl (C=O) groups is 1. The number of ether oxygens (including phenoxy) is 2. The molecule has 0 N–H and O–H groups in total. The Bertz CT molecular complexity index is 378. The SMILES string of the molecule is CCOC1(CCC#N)C(=O)OC(C)C1=C=O. The van der Waals surface area contributed by atoms with Gasteiger partial charge in [-0.05, 0) is 13.8 Å². The highest BCUT2D eigenvalue weighted by atomic mass is 16.6. The van der Waals surface area contributed by atoms with Crippen molar-refractivity contribution in [2.75, 3.05) is 6.61 Å². The summed E-state index contributed by atoms with van der Waals surface area (Å²) >= 11 is 0. The Balaban J connectivity index is 3.11. The second kappa shape index (κ2) is 4.93. The highest BCUT2D eigenvalue weighted by molar-refractivity contribution is 5.91. The van der Waals surface area contributed by atoms with Gasteiger partial charge in [-0.25, -0.2) is 9.59 Å². The second-order valence-corrected chi connectivity index (χ2v) is 3.48. The molecule has 0 aromatic carbocycles. The van der Waals surface area contributed by atoms with Gasteiger partial charge in [0.15, 0.2) is 0 Å². The third-order valence-electron chi connectivity index (χ3n) is 2.54. The van der Waals surface area contributed by atoms with Crippen LogP contribution < -0.4 is 0 Å². The molecule has 0 saturated carbocycles. The van der Waals surface area contributed by atoms with Crippen LogP contribution in [0, 0.1) is 11.3 Å². The monoisotopic (exact) mass is 223 g/mol. The van der Waals surface area contributed by atoms with Gasteiger partial charge in [-0.15, -0.1) is 0 Å². The summed E-state index contributed by atoms with van der Waals surface area (Å²) in [7, 11) is 0. The Morgan fingerprint density at radius 3 is 2.81 bits per heavy atom. The fourth-order valence-electron chi connectivity index (χ4n) is 1.84. The van der Waals surface area contributed by atoms with Crippen LogP contribution in [0.15, 0.2) is 5.57 Å². The van der Waals surface area contributed by atoms with Crippen molar-refractivity contribution in [3.8, 4) is 6.07 Å². The number of cyclic esters (lactones) is 1. The molecule has 2 atom stereocenters. The van der Waals surface area contributed by atoms with Gasteiger partial charge in [0, 0.05) is 19.4 Å². The standard InChI is InChI=1S/C11H13NO4/c1-3-15-11(5-4-6-12)9(7-13)8(2)16-10(11)14/h8H,3-5H2,1-2H3. The van der Waals surface area contributed by atoms with Crippen molar-refractivity contribution in [2.24, 2.45) is 0 Å². The average Bonchev–Trinajstić information content (AvgIpc) is 2.48. The minimum absolute atomic E-state index is 0.118. The first-order valence-electron chi connectivity index (χ1n) is 5.09. The van der Waals surface area contributed by atoms with Gasteiger partial charge in [-0.3, -0.25) is 0 Å². The molecule has 86 valence electrons. The minimum Gasteiger partial charge on any atom is -0.455 e. The van der Waals surface area contributed by atoms with E-state index in [1.807, 2.05) is 6.07 Å². The summed E-state index contributed by atoms with van der Waals surface area (Å²) in [5.41, 5.74) is -1.25. The molecule has 1 heterocycles. The molecule has 16 heavy (non-hydrogen) atoms. The molecular weight excluding hydrogens is 210 g/mol. The summed E-state index contributed by atoms with van der Waals surface area (Å²) in [6.45, 7) is 3.57. The molecule has 1 aliphatic heterocycles. The molecular formula is C11H13NO4. The first-order chi connectivity index (χ1) is 7.62. The molecule has 1 saturated heterocycles. The van der Waals surface area contributed by atoms with E-state index in [-0.39, 0.29) is 25.0 Å². The van der Waals surface area contributed by atoms with Gasteiger partial charge in [-0.2, -0.15) is 5.26 Å². The van der Waals surface area contributed by atoms with Crippen LogP contribution >= 0.6 is 0 Å². The predicted octanol–water partition coefficient (Wildman–Crippen LogP) is 0.769. The van der Waals surface area contributed by atoms with Gasteiger partial charge >= 0.3 is 5.97 Å². The maximum absolute atomic E-state index is 11.7. The molecule has 1 rings (SSSR count). The van der Waals surface area contributed by atoms with E-state index in [0.29, 0.717) is 0 Å². The van der Waals surface area contributed by atoms with Gasteiger partial charge < -0.3 is 9.47 Å². The number of carbonyl (C=O) groups excluding carboxylic acids is 2. The van der Waals surface area contributed by atoms with Crippen molar-refractivity contribution in [1.82, 2.24) is 0 Å². The predicted molar refractivity (Wildman–Crippen MR) is 54.0 cm³/mol. The normalized spacial score (nSPS) is 28.4. The number of esters is 1. The molecule has 0 aliphatic carbocycles. The molecule has 0 amide bonds. The fraction of sp³-hybridized carbons (Fsp3) is 0.636. The van der Waals surface area contributed by atoms with Gasteiger partial charge in [0.2, 0.25) is 5.60 Å².